The molecule has 3 aliphatic rings. The van der Waals surface area contributed by atoms with Gasteiger partial charge in [0.05, 0.1) is 23.2 Å². The highest BCUT2D eigenvalue weighted by molar-refractivity contribution is 6.03. The van der Waals surface area contributed by atoms with E-state index in [0.29, 0.717) is 48.6 Å². The standard InChI is InChI=1S/C46H56FN3O10/c1-4-23-49(45(53)59-34-19-17-33(18-20-34)50(54)55)42-29-40(48-58-6-3)37-27-31(13-9-11-24-51)36(15-10-12-25-52)43-38-28-35(56-30-32-14-7-8-16-39(32)47)21-22-41(38)60-46(42,44(37)43)57-26-5-2/h5,7-8,14,16-22,27-28,31,36,42-44,51-52H,2,4,6,9-13,15,23-26,29-30H2,1,3H3/t31-,36+,42-,43+,44+,46+/m0/s1. The van der Waals surface area contributed by atoms with Crippen molar-refractivity contribution in [3.8, 4) is 17.2 Å². The molecule has 60 heavy (non-hydrogen) atoms. The van der Waals surface area contributed by atoms with Crippen LogP contribution in [0.4, 0.5) is 14.9 Å². The summed E-state index contributed by atoms with van der Waals surface area (Å²) in [7, 11) is 0. The largest absolute Gasteiger partial charge is 0.489 e. The minimum absolute atomic E-state index is 0.0117. The number of non-ortho nitro benzene ring substituents is 1. The number of carbonyl (C=O) groups is 1. The molecule has 13 nitrogen and oxygen atoms in total. The predicted octanol–water partition coefficient (Wildman–Crippen LogP) is 8.88. The Hall–Kier alpha value is -5.31. The number of amides is 1. The number of allylic oxidation sites excluding steroid dienone is 1. The Bertz CT molecular complexity index is 2010. The number of fused-ring (bicyclic) bond motifs is 2. The van der Waals surface area contributed by atoms with Gasteiger partial charge in [0.15, 0.2) is 0 Å². The molecule has 6 rings (SSSR count). The SMILES string of the molecule is C=CCO[C@@]12Oc3ccc(OCc4ccccc4F)cc3[C@H]3[C@H](CCCCO)[C@@H](CCCCO)C=C(C(=NOCC)C[C@@H]1N(CCC)C(=O)Oc1ccc([N+](=O)[O-])cc1)[C@H]32. The lowest BCUT2D eigenvalue weighted by atomic mass is 9.55. The van der Waals surface area contributed by atoms with Crippen molar-refractivity contribution in [3.05, 3.63) is 118 Å². The Balaban J connectivity index is 1.53. The highest BCUT2D eigenvalue weighted by Crippen LogP contribution is 2.62. The van der Waals surface area contributed by atoms with Crippen molar-refractivity contribution in [2.75, 3.05) is 33.0 Å². The first-order valence-electron chi connectivity index (χ1n) is 21.0. The van der Waals surface area contributed by atoms with Gasteiger partial charge in [-0.1, -0.05) is 55.3 Å². The summed E-state index contributed by atoms with van der Waals surface area (Å²) in [6.07, 6.45) is 8.25. The zero-order valence-corrected chi connectivity index (χ0v) is 34.4. The smallest absolute Gasteiger partial charge is 0.415 e. The topological polar surface area (TPSA) is 162 Å². The summed E-state index contributed by atoms with van der Waals surface area (Å²) >= 11 is 0. The average molecular weight is 830 g/mol. The second kappa shape index (κ2) is 20.8. The maximum Gasteiger partial charge on any atom is 0.415 e. The molecule has 1 aliphatic heterocycles. The third-order valence-corrected chi connectivity index (χ3v) is 11.6. The number of nitro benzene ring substituents is 1. The summed E-state index contributed by atoms with van der Waals surface area (Å²) < 4.78 is 41.1. The summed E-state index contributed by atoms with van der Waals surface area (Å²) in [5.74, 6) is -1.50. The fraction of sp³-hybridized carbons (Fsp3) is 0.478. The number of oxime groups is 1. The molecule has 2 N–H and O–H groups in total. The number of hydrogen-bond acceptors (Lipinski definition) is 11. The molecular weight excluding hydrogens is 774 g/mol. The van der Waals surface area contributed by atoms with E-state index in [4.69, 9.17) is 28.9 Å². The predicted molar refractivity (Wildman–Crippen MR) is 223 cm³/mol. The first kappa shape index (κ1) is 44.2. The monoisotopic (exact) mass is 829 g/mol. The molecule has 3 aromatic rings. The second-order valence-electron chi connectivity index (χ2n) is 15.4. The van der Waals surface area contributed by atoms with Crippen molar-refractivity contribution in [2.24, 2.45) is 22.9 Å². The van der Waals surface area contributed by atoms with Crippen molar-refractivity contribution < 1.29 is 48.1 Å². The number of nitro groups is 1. The fourth-order valence-corrected chi connectivity index (χ4v) is 9.07. The first-order valence-corrected chi connectivity index (χ1v) is 21.0. The van der Waals surface area contributed by atoms with Crippen LogP contribution in [0.15, 0.2) is 96.2 Å². The molecule has 0 unspecified atom stereocenters. The summed E-state index contributed by atoms with van der Waals surface area (Å²) in [4.78, 5) is 32.7. The molecule has 1 fully saturated rings. The zero-order valence-electron chi connectivity index (χ0n) is 34.4. The zero-order chi connectivity index (χ0) is 42.6. The Morgan fingerprint density at radius 2 is 1.78 bits per heavy atom. The van der Waals surface area contributed by atoms with Crippen LogP contribution in [0.5, 0.6) is 17.2 Å². The van der Waals surface area contributed by atoms with Crippen molar-refractivity contribution in [1.29, 1.82) is 0 Å². The van der Waals surface area contributed by atoms with E-state index in [2.05, 4.69) is 12.7 Å². The lowest BCUT2D eigenvalue weighted by molar-refractivity contribution is -0.384. The molecule has 0 aromatic heterocycles. The molecule has 3 aromatic carbocycles. The van der Waals surface area contributed by atoms with Gasteiger partial charge in [-0.25, -0.2) is 9.18 Å². The van der Waals surface area contributed by atoms with E-state index in [9.17, 15) is 29.5 Å². The number of hydrogen-bond donors (Lipinski definition) is 2. The van der Waals surface area contributed by atoms with Crippen LogP contribution in [0.1, 0.15) is 82.3 Å². The quantitative estimate of drug-likeness (QED) is 0.0459. The maximum atomic E-state index is 14.7. The maximum absolute atomic E-state index is 14.7. The molecule has 0 radical (unpaired) electrons. The fourth-order valence-electron chi connectivity index (χ4n) is 9.07. The van der Waals surface area contributed by atoms with E-state index in [0.717, 1.165) is 36.8 Å². The highest BCUT2D eigenvalue weighted by Gasteiger charge is 2.65. The van der Waals surface area contributed by atoms with Crippen LogP contribution in [-0.4, -0.2) is 76.6 Å². The molecule has 6 atom stereocenters. The Labute approximate surface area is 350 Å². The molecule has 2 aliphatic carbocycles. The van der Waals surface area contributed by atoms with E-state index >= 15 is 0 Å². The number of aliphatic hydroxyl groups is 2. The van der Waals surface area contributed by atoms with Gasteiger partial charge in [0.1, 0.15) is 42.3 Å². The first-order chi connectivity index (χ1) is 29.2. The molecular formula is C46H56FN3O10. The third-order valence-electron chi connectivity index (χ3n) is 11.6. The van der Waals surface area contributed by atoms with Gasteiger partial charge in [0, 0.05) is 55.4 Å². The number of benzene rings is 3. The number of rotatable bonds is 21. The van der Waals surface area contributed by atoms with Gasteiger partial charge < -0.3 is 34.0 Å². The van der Waals surface area contributed by atoms with E-state index in [1.54, 1.807) is 35.2 Å². The van der Waals surface area contributed by atoms with Crippen molar-refractivity contribution in [1.82, 2.24) is 4.90 Å². The van der Waals surface area contributed by atoms with Crippen LogP contribution in [0, 0.1) is 33.7 Å². The molecule has 1 amide bonds. The normalized spacial score (nSPS) is 23.4. The minimum Gasteiger partial charge on any atom is -0.489 e. The Kier molecular flexibility index (Phi) is 15.3. The van der Waals surface area contributed by atoms with Gasteiger partial charge in [0.25, 0.3) is 5.69 Å². The molecule has 0 spiro atoms. The van der Waals surface area contributed by atoms with Crippen LogP contribution >= 0.6 is 0 Å². The molecule has 322 valence electrons. The molecule has 1 heterocycles. The number of ether oxygens (including phenoxy) is 4. The van der Waals surface area contributed by atoms with Gasteiger partial charge in [0.2, 0.25) is 5.79 Å². The second-order valence-corrected chi connectivity index (χ2v) is 15.4. The van der Waals surface area contributed by atoms with Crippen LogP contribution in [0.25, 0.3) is 0 Å². The Morgan fingerprint density at radius 3 is 2.47 bits per heavy atom. The summed E-state index contributed by atoms with van der Waals surface area (Å²) in [6, 6.07) is 16.6. The average Bonchev–Trinajstić information content (AvgIpc) is 3.25. The van der Waals surface area contributed by atoms with Gasteiger partial charge in [-0.2, -0.15) is 0 Å². The Morgan fingerprint density at radius 1 is 1.05 bits per heavy atom. The molecule has 0 bridgehead atoms. The molecule has 14 heteroatoms. The van der Waals surface area contributed by atoms with Gasteiger partial charge in [-0.15, -0.1) is 6.58 Å². The minimum atomic E-state index is -1.51. The molecule has 0 saturated heterocycles. The summed E-state index contributed by atoms with van der Waals surface area (Å²) in [5.41, 5.74) is 2.66. The number of aliphatic hydroxyl groups excluding tert-OH is 2. The van der Waals surface area contributed by atoms with Gasteiger partial charge >= 0.3 is 6.09 Å². The van der Waals surface area contributed by atoms with Crippen molar-refractivity contribution in [3.63, 3.8) is 0 Å². The van der Waals surface area contributed by atoms with E-state index in [1.165, 1.54) is 30.3 Å². The van der Waals surface area contributed by atoms with Crippen molar-refractivity contribution in [2.45, 2.75) is 89.6 Å². The number of carbonyl (C=O) groups excluding carboxylic acids is 1. The van der Waals surface area contributed by atoms with Crippen LogP contribution < -0.4 is 14.2 Å². The number of halogens is 1. The lowest BCUT2D eigenvalue weighted by Crippen LogP contribution is -2.70. The third kappa shape index (κ3) is 9.66. The molecule has 1 saturated carbocycles. The summed E-state index contributed by atoms with van der Waals surface area (Å²) in [5, 5.41) is 35.8. The van der Waals surface area contributed by atoms with Gasteiger partial charge in [-0.05, 0) is 92.8 Å². The van der Waals surface area contributed by atoms with E-state index < -0.39 is 28.8 Å². The highest BCUT2D eigenvalue weighted by atomic mass is 19.1. The van der Waals surface area contributed by atoms with Gasteiger partial charge in [-0.3, -0.25) is 15.0 Å². The van der Waals surface area contributed by atoms with E-state index in [-0.39, 0.29) is 74.4 Å². The number of unbranched alkanes of at least 4 members (excludes halogenated alkanes) is 2. The van der Waals surface area contributed by atoms with E-state index in [1.807, 2.05) is 26.0 Å². The summed E-state index contributed by atoms with van der Waals surface area (Å²) in [6.45, 7) is 8.54. The van der Waals surface area contributed by atoms with Crippen LogP contribution in [0.2, 0.25) is 0 Å². The lowest BCUT2D eigenvalue weighted by Gasteiger charge is -2.59. The van der Waals surface area contributed by atoms with Crippen molar-refractivity contribution >= 4 is 17.5 Å². The van der Waals surface area contributed by atoms with Crippen LogP contribution in [-0.2, 0) is 16.2 Å². The van der Waals surface area contributed by atoms with Crippen LogP contribution in [0.3, 0.4) is 0 Å². The number of nitrogens with zero attached hydrogens (tertiary/aromatic N) is 3.